The molecule has 0 atom stereocenters. The molecule has 1 heterocycles. The van der Waals surface area contributed by atoms with Crippen molar-refractivity contribution < 1.29 is 14.0 Å². The van der Waals surface area contributed by atoms with E-state index in [2.05, 4.69) is 21.9 Å². The van der Waals surface area contributed by atoms with Gasteiger partial charge in [-0.05, 0) is 67.2 Å². The van der Waals surface area contributed by atoms with Gasteiger partial charge in [-0.3, -0.25) is 9.59 Å². The molecule has 7 nitrogen and oxygen atoms in total. The van der Waals surface area contributed by atoms with Gasteiger partial charge in [0.15, 0.2) is 0 Å². The van der Waals surface area contributed by atoms with E-state index in [-0.39, 0.29) is 17.6 Å². The van der Waals surface area contributed by atoms with Crippen molar-refractivity contribution in [2.24, 2.45) is 0 Å². The summed E-state index contributed by atoms with van der Waals surface area (Å²) in [6, 6.07) is 10.2. The van der Waals surface area contributed by atoms with Gasteiger partial charge in [-0.2, -0.15) is 0 Å². The van der Waals surface area contributed by atoms with Crippen LogP contribution in [0.25, 0.3) is 17.3 Å². The summed E-state index contributed by atoms with van der Waals surface area (Å²) in [5.41, 5.74) is 10.2. The van der Waals surface area contributed by atoms with Crippen molar-refractivity contribution in [1.82, 2.24) is 14.9 Å². The molecule has 1 aliphatic rings. The Morgan fingerprint density at radius 1 is 1.22 bits per heavy atom. The van der Waals surface area contributed by atoms with Crippen molar-refractivity contribution in [2.75, 3.05) is 24.6 Å². The first-order chi connectivity index (χ1) is 17.3. The van der Waals surface area contributed by atoms with Gasteiger partial charge in [0.1, 0.15) is 18.0 Å². The molecule has 8 heteroatoms. The third-order valence-corrected chi connectivity index (χ3v) is 6.23. The standard InChI is InChI=1S/C28H28FN5O2/c1-4-25(35)34(3)13-5-6-22-26(31-16-32-27(22)30)23-14-21(29)15-24(17(23)2)33-28(36)20-11-9-19(10-12-20)18-7-8-18/h4-6,9-12,14-16,18H,1,7-8,13H2,2-3H3,(H,33,36)(H2,30,31,32)/b6-5+. The van der Waals surface area contributed by atoms with Gasteiger partial charge in [0.05, 0.1) is 5.69 Å². The number of amides is 2. The molecule has 1 aromatic heterocycles. The number of anilines is 2. The van der Waals surface area contributed by atoms with Crippen LogP contribution < -0.4 is 11.1 Å². The molecular formula is C28H28FN5O2. The number of hydrogen-bond acceptors (Lipinski definition) is 5. The van der Waals surface area contributed by atoms with Crippen molar-refractivity contribution in [1.29, 1.82) is 0 Å². The number of halogens is 1. The van der Waals surface area contributed by atoms with Crippen LogP contribution >= 0.6 is 0 Å². The lowest BCUT2D eigenvalue weighted by molar-refractivity contribution is -0.124. The van der Waals surface area contributed by atoms with Crippen LogP contribution in [0.1, 0.15) is 45.8 Å². The fraction of sp³-hybridized carbons (Fsp3) is 0.214. The maximum Gasteiger partial charge on any atom is 0.255 e. The first kappa shape index (κ1) is 24.8. The minimum atomic E-state index is -0.529. The predicted octanol–water partition coefficient (Wildman–Crippen LogP) is 4.96. The molecule has 2 aromatic carbocycles. The Balaban J connectivity index is 1.62. The molecule has 3 aromatic rings. The molecule has 0 spiro atoms. The van der Waals surface area contributed by atoms with E-state index in [9.17, 15) is 14.0 Å². The highest BCUT2D eigenvalue weighted by molar-refractivity contribution is 6.05. The fourth-order valence-corrected chi connectivity index (χ4v) is 3.94. The number of aromatic nitrogens is 2. The highest BCUT2D eigenvalue weighted by atomic mass is 19.1. The first-order valence-electron chi connectivity index (χ1n) is 11.6. The second-order valence-corrected chi connectivity index (χ2v) is 8.82. The van der Waals surface area contributed by atoms with Crippen LogP contribution in [0.3, 0.4) is 0 Å². The smallest absolute Gasteiger partial charge is 0.255 e. The number of nitrogens with one attached hydrogen (secondary N) is 1. The van der Waals surface area contributed by atoms with Crippen molar-refractivity contribution in [2.45, 2.75) is 25.7 Å². The molecule has 0 bridgehead atoms. The number of carbonyl (C=O) groups is 2. The Kier molecular flexibility index (Phi) is 7.24. The van der Waals surface area contributed by atoms with Crippen molar-refractivity contribution in [3.63, 3.8) is 0 Å². The quantitative estimate of drug-likeness (QED) is 0.439. The van der Waals surface area contributed by atoms with Gasteiger partial charge in [-0.15, -0.1) is 0 Å². The summed E-state index contributed by atoms with van der Waals surface area (Å²) in [6.45, 7) is 5.56. The van der Waals surface area contributed by atoms with Gasteiger partial charge < -0.3 is 16.0 Å². The lowest BCUT2D eigenvalue weighted by Gasteiger charge is -2.15. The van der Waals surface area contributed by atoms with Crippen LogP contribution in [-0.4, -0.2) is 40.3 Å². The number of nitrogen functional groups attached to an aromatic ring is 1. The summed E-state index contributed by atoms with van der Waals surface area (Å²) in [7, 11) is 1.64. The average Bonchev–Trinajstić information content (AvgIpc) is 3.72. The molecular weight excluding hydrogens is 457 g/mol. The SMILES string of the molecule is C=CC(=O)N(C)C/C=C/c1c(N)ncnc1-c1cc(F)cc(NC(=O)c2ccc(C3CC3)cc2)c1C. The molecule has 0 radical (unpaired) electrons. The van der Waals surface area contributed by atoms with E-state index in [1.165, 1.54) is 47.8 Å². The zero-order chi connectivity index (χ0) is 25.8. The Morgan fingerprint density at radius 2 is 1.94 bits per heavy atom. The predicted molar refractivity (Wildman–Crippen MR) is 140 cm³/mol. The first-order valence-corrected chi connectivity index (χ1v) is 11.6. The summed E-state index contributed by atoms with van der Waals surface area (Å²) < 4.78 is 14.7. The number of likely N-dealkylation sites (N-methyl/N-ethyl adjacent to an activating group) is 1. The third-order valence-electron chi connectivity index (χ3n) is 6.23. The highest BCUT2D eigenvalue weighted by Gasteiger charge is 2.23. The van der Waals surface area contributed by atoms with E-state index >= 15 is 0 Å². The van der Waals surface area contributed by atoms with Crippen LogP contribution in [0.5, 0.6) is 0 Å². The Labute approximate surface area is 209 Å². The molecule has 0 aliphatic heterocycles. The normalized spacial score (nSPS) is 13.0. The van der Waals surface area contributed by atoms with Gasteiger partial charge in [-0.25, -0.2) is 14.4 Å². The second-order valence-electron chi connectivity index (χ2n) is 8.82. The lowest BCUT2D eigenvalue weighted by Crippen LogP contribution is -2.24. The van der Waals surface area contributed by atoms with E-state index in [1.54, 1.807) is 38.3 Å². The minimum absolute atomic E-state index is 0.207. The Hall–Kier alpha value is -4.33. The Bertz CT molecular complexity index is 1350. The van der Waals surface area contributed by atoms with Crippen LogP contribution in [0.15, 0.2) is 61.5 Å². The number of rotatable bonds is 8. The van der Waals surface area contributed by atoms with Crippen LogP contribution in [0.2, 0.25) is 0 Å². The van der Waals surface area contributed by atoms with E-state index in [4.69, 9.17) is 5.73 Å². The van der Waals surface area contributed by atoms with Gasteiger partial charge in [-0.1, -0.05) is 30.9 Å². The van der Waals surface area contributed by atoms with E-state index in [0.29, 0.717) is 46.1 Å². The molecule has 36 heavy (non-hydrogen) atoms. The number of hydrogen-bond donors (Lipinski definition) is 2. The zero-order valence-electron chi connectivity index (χ0n) is 20.3. The number of benzene rings is 2. The molecule has 0 unspecified atom stereocenters. The maximum atomic E-state index is 14.7. The molecule has 0 saturated heterocycles. The fourth-order valence-electron chi connectivity index (χ4n) is 3.94. The highest BCUT2D eigenvalue weighted by Crippen LogP contribution is 2.40. The molecule has 1 aliphatic carbocycles. The summed E-state index contributed by atoms with van der Waals surface area (Å²) in [4.78, 5) is 34.5. The van der Waals surface area contributed by atoms with Crippen LogP contribution in [0, 0.1) is 12.7 Å². The van der Waals surface area contributed by atoms with E-state index < -0.39 is 5.82 Å². The summed E-state index contributed by atoms with van der Waals surface area (Å²) >= 11 is 0. The van der Waals surface area contributed by atoms with Gasteiger partial charge >= 0.3 is 0 Å². The topological polar surface area (TPSA) is 101 Å². The third kappa shape index (κ3) is 5.49. The number of nitrogens with zero attached hydrogens (tertiary/aromatic N) is 3. The monoisotopic (exact) mass is 485 g/mol. The summed E-state index contributed by atoms with van der Waals surface area (Å²) in [5, 5.41) is 2.83. The molecule has 4 rings (SSSR count). The molecule has 184 valence electrons. The summed E-state index contributed by atoms with van der Waals surface area (Å²) in [5.74, 6) is -0.270. The largest absolute Gasteiger partial charge is 0.383 e. The number of nitrogens with two attached hydrogens (primary N) is 1. The van der Waals surface area contributed by atoms with Crippen LogP contribution in [-0.2, 0) is 4.79 Å². The van der Waals surface area contributed by atoms with E-state index in [0.717, 1.165) is 0 Å². The van der Waals surface area contributed by atoms with Gasteiger partial charge in [0.2, 0.25) is 5.91 Å². The van der Waals surface area contributed by atoms with Crippen molar-refractivity contribution >= 4 is 29.4 Å². The number of carbonyl (C=O) groups excluding carboxylic acids is 2. The van der Waals surface area contributed by atoms with Gasteiger partial charge in [0, 0.05) is 36.0 Å². The van der Waals surface area contributed by atoms with Crippen molar-refractivity contribution in [3.05, 3.63) is 89.5 Å². The van der Waals surface area contributed by atoms with Crippen LogP contribution in [0.4, 0.5) is 15.9 Å². The second kappa shape index (κ2) is 10.5. The van der Waals surface area contributed by atoms with Crippen molar-refractivity contribution in [3.8, 4) is 11.3 Å². The lowest BCUT2D eigenvalue weighted by atomic mass is 9.99. The van der Waals surface area contributed by atoms with E-state index in [1.807, 2.05) is 12.1 Å². The maximum absolute atomic E-state index is 14.7. The molecule has 1 saturated carbocycles. The Morgan fingerprint density at radius 3 is 2.61 bits per heavy atom. The summed E-state index contributed by atoms with van der Waals surface area (Å²) in [6.07, 6.45) is 8.34. The minimum Gasteiger partial charge on any atom is -0.383 e. The molecule has 1 fully saturated rings. The zero-order valence-corrected chi connectivity index (χ0v) is 20.3. The van der Waals surface area contributed by atoms with Gasteiger partial charge in [0.25, 0.3) is 5.91 Å². The molecule has 3 N–H and O–H groups in total. The molecule has 2 amide bonds. The average molecular weight is 486 g/mol.